The monoisotopic (exact) mass is 253 g/mol. The van der Waals surface area contributed by atoms with Crippen molar-refractivity contribution in [3.63, 3.8) is 0 Å². The molecule has 0 radical (unpaired) electrons. The van der Waals surface area contributed by atoms with E-state index in [9.17, 15) is 22.8 Å². The standard InChI is InChI=1S/C9H14F3N3O2/c1-2-14-7(16)6-5-13-3-4-15(6)8(17)9(10,11)12/h6,13H,2-5H2,1H3,(H,14,16). The Kier molecular flexibility index (Phi) is 4.33. The Morgan fingerprint density at radius 2 is 2.12 bits per heavy atom. The van der Waals surface area contributed by atoms with Crippen LogP contribution in [-0.2, 0) is 9.59 Å². The van der Waals surface area contributed by atoms with Gasteiger partial charge < -0.3 is 15.5 Å². The third-order valence-corrected chi connectivity index (χ3v) is 2.40. The fourth-order valence-corrected chi connectivity index (χ4v) is 1.64. The minimum absolute atomic E-state index is 0.0354. The largest absolute Gasteiger partial charge is 0.471 e. The average molecular weight is 253 g/mol. The molecule has 0 bridgehead atoms. The Balaban J connectivity index is 2.79. The molecule has 8 heteroatoms. The molecule has 0 aromatic carbocycles. The molecule has 2 N–H and O–H groups in total. The lowest BCUT2D eigenvalue weighted by molar-refractivity contribution is -0.189. The number of nitrogens with one attached hydrogen (secondary N) is 2. The van der Waals surface area contributed by atoms with E-state index in [-0.39, 0.29) is 19.6 Å². The van der Waals surface area contributed by atoms with Crippen LogP contribution in [0.3, 0.4) is 0 Å². The molecule has 0 saturated carbocycles. The van der Waals surface area contributed by atoms with E-state index in [1.165, 1.54) is 0 Å². The molecule has 1 aliphatic rings. The van der Waals surface area contributed by atoms with Gasteiger partial charge in [0.1, 0.15) is 6.04 Å². The zero-order valence-corrected chi connectivity index (χ0v) is 9.30. The zero-order chi connectivity index (χ0) is 13.1. The quantitative estimate of drug-likeness (QED) is 0.696. The smallest absolute Gasteiger partial charge is 0.355 e. The van der Waals surface area contributed by atoms with Crippen molar-refractivity contribution in [2.45, 2.75) is 19.1 Å². The van der Waals surface area contributed by atoms with Crippen LogP contribution in [0.4, 0.5) is 13.2 Å². The van der Waals surface area contributed by atoms with Crippen LogP contribution in [0, 0.1) is 0 Å². The average Bonchev–Trinajstić information content (AvgIpc) is 2.27. The number of alkyl halides is 3. The Hall–Kier alpha value is -1.31. The molecule has 1 saturated heterocycles. The molecule has 1 heterocycles. The molecule has 0 aromatic rings. The number of hydrogen-bond donors (Lipinski definition) is 2. The summed E-state index contributed by atoms with van der Waals surface area (Å²) in [5, 5.41) is 5.20. The maximum absolute atomic E-state index is 12.3. The maximum atomic E-state index is 12.3. The van der Waals surface area contributed by atoms with Crippen molar-refractivity contribution >= 4 is 11.8 Å². The zero-order valence-electron chi connectivity index (χ0n) is 9.30. The molecular formula is C9H14F3N3O2. The van der Waals surface area contributed by atoms with Gasteiger partial charge in [0.15, 0.2) is 0 Å². The predicted octanol–water partition coefficient (Wildman–Crippen LogP) is -0.515. The summed E-state index contributed by atoms with van der Waals surface area (Å²) in [5.41, 5.74) is 0. The van der Waals surface area contributed by atoms with Crippen LogP contribution in [0.1, 0.15) is 6.92 Å². The minimum Gasteiger partial charge on any atom is -0.355 e. The predicted molar refractivity (Wildman–Crippen MR) is 53.1 cm³/mol. The lowest BCUT2D eigenvalue weighted by Gasteiger charge is -2.35. The topological polar surface area (TPSA) is 61.4 Å². The van der Waals surface area contributed by atoms with Gasteiger partial charge in [0, 0.05) is 26.2 Å². The summed E-state index contributed by atoms with van der Waals surface area (Å²) in [6.45, 7) is 2.12. The van der Waals surface area contributed by atoms with Crippen molar-refractivity contribution < 1.29 is 22.8 Å². The van der Waals surface area contributed by atoms with Gasteiger partial charge in [0.25, 0.3) is 0 Å². The van der Waals surface area contributed by atoms with Gasteiger partial charge in [-0.1, -0.05) is 0 Å². The van der Waals surface area contributed by atoms with Gasteiger partial charge in [-0.25, -0.2) is 0 Å². The van der Waals surface area contributed by atoms with Gasteiger partial charge in [-0.05, 0) is 6.92 Å². The fraction of sp³-hybridized carbons (Fsp3) is 0.778. The summed E-state index contributed by atoms with van der Waals surface area (Å²) in [7, 11) is 0. The lowest BCUT2D eigenvalue weighted by Crippen LogP contribution is -2.61. The second-order valence-corrected chi connectivity index (χ2v) is 3.61. The number of likely N-dealkylation sites (N-methyl/N-ethyl adjacent to an activating group) is 1. The SMILES string of the molecule is CCNC(=O)C1CNCCN1C(=O)C(F)(F)F. The van der Waals surface area contributed by atoms with Crippen LogP contribution < -0.4 is 10.6 Å². The van der Waals surface area contributed by atoms with Crippen LogP contribution in [0.15, 0.2) is 0 Å². The first-order valence-corrected chi connectivity index (χ1v) is 5.24. The summed E-state index contributed by atoms with van der Waals surface area (Å²) in [6.07, 6.45) is -4.94. The molecule has 1 rings (SSSR count). The van der Waals surface area contributed by atoms with Gasteiger partial charge in [-0.2, -0.15) is 13.2 Å². The van der Waals surface area contributed by atoms with Crippen LogP contribution in [0.25, 0.3) is 0 Å². The number of carbonyl (C=O) groups is 2. The van der Waals surface area contributed by atoms with E-state index in [1.807, 2.05) is 0 Å². The number of halogens is 3. The van der Waals surface area contributed by atoms with Crippen LogP contribution >= 0.6 is 0 Å². The van der Waals surface area contributed by atoms with Crippen molar-refractivity contribution in [1.82, 2.24) is 15.5 Å². The highest BCUT2D eigenvalue weighted by Gasteiger charge is 2.46. The first kappa shape index (κ1) is 13.8. The molecule has 1 fully saturated rings. The molecule has 98 valence electrons. The maximum Gasteiger partial charge on any atom is 0.471 e. The molecule has 5 nitrogen and oxygen atoms in total. The highest BCUT2D eigenvalue weighted by molar-refractivity contribution is 5.90. The first-order chi connectivity index (χ1) is 7.88. The first-order valence-electron chi connectivity index (χ1n) is 5.24. The lowest BCUT2D eigenvalue weighted by atomic mass is 10.1. The van der Waals surface area contributed by atoms with E-state index in [0.29, 0.717) is 11.4 Å². The van der Waals surface area contributed by atoms with Gasteiger partial charge in [-0.15, -0.1) is 0 Å². The summed E-state index contributed by atoms with van der Waals surface area (Å²) in [4.78, 5) is 23.2. The number of rotatable bonds is 2. The van der Waals surface area contributed by atoms with Crippen LogP contribution in [0.5, 0.6) is 0 Å². The van der Waals surface area contributed by atoms with E-state index in [1.54, 1.807) is 6.92 Å². The number of nitrogens with zero attached hydrogens (tertiary/aromatic N) is 1. The summed E-state index contributed by atoms with van der Waals surface area (Å²) >= 11 is 0. The summed E-state index contributed by atoms with van der Waals surface area (Å²) in [5.74, 6) is -2.53. The molecule has 0 aromatic heterocycles. The molecule has 1 aliphatic heterocycles. The molecule has 0 aliphatic carbocycles. The Morgan fingerprint density at radius 3 is 2.65 bits per heavy atom. The van der Waals surface area contributed by atoms with Crippen molar-refractivity contribution in [3.8, 4) is 0 Å². The Labute approximate surface area is 96.3 Å². The highest BCUT2D eigenvalue weighted by atomic mass is 19.4. The number of amides is 2. The third kappa shape index (κ3) is 3.32. The molecule has 1 unspecified atom stereocenters. The summed E-state index contributed by atoms with van der Waals surface area (Å²) in [6, 6.07) is -1.10. The normalized spacial score (nSPS) is 21.2. The number of hydrogen-bond acceptors (Lipinski definition) is 3. The van der Waals surface area contributed by atoms with Gasteiger partial charge in [0.05, 0.1) is 0 Å². The fourth-order valence-electron chi connectivity index (χ4n) is 1.64. The van der Waals surface area contributed by atoms with E-state index in [0.717, 1.165) is 0 Å². The molecule has 2 amide bonds. The summed E-state index contributed by atoms with van der Waals surface area (Å²) < 4.78 is 36.9. The minimum atomic E-state index is -4.94. The van der Waals surface area contributed by atoms with Crippen molar-refractivity contribution in [1.29, 1.82) is 0 Å². The third-order valence-electron chi connectivity index (χ3n) is 2.40. The van der Waals surface area contributed by atoms with Gasteiger partial charge in [-0.3, -0.25) is 9.59 Å². The molecule has 1 atom stereocenters. The second-order valence-electron chi connectivity index (χ2n) is 3.61. The van der Waals surface area contributed by atoms with Crippen LogP contribution in [0.2, 0.25) is 0 Å². The number of piperazine rings is 1. The van der Waals surface area contributed by atoms with Crippen LogP contribution in [-0.4, -0.2) is 55.1 Å². The van der Waals surface area contributed by atoms with Crippen molar-refractivity contribution in [2.75, 3.05) is 26.2 Å². The second kappa shape index (κ2) is 5.35. The Morgan fingerprint density at radius 1 is 1.47 bits per heavy atom. The van der Waals surface area contributed by atoms with Gasteiger partial charge in [0.2, 0.25) is 5.91 Å². The number of carbonyl (C=O) groups excluding carboxylic acids is 2. The van der Waals surface area contributed by atoms with E-state index in [4.69, 9.17) is 0 Å². The van der Waals surface area contributed by atoms with E-state index < -0.39 is 24.0 Å². The molecule has 17 heavy (non-hydrogen) atoms. The molecule has 0 spiro atoms. The Bertz CT molecular complexity index is 306. The van der Waals surface area contributed by atoms with Crippen molar-refractivity contribution in [3.05, 3.63) is 0 Å². The highest BCUT2D eigenvalue weighted by Crippen LogP contribution is 2.20. The van der Waals surface area contributed by atoms with E-state index >= 15 is 0 Å². The van der Waals surface area contributed by atoms with Crippen molar-refractivity contribution in [2.24, 2.45) is 0 Å². The molecular weight excluding hydrogens is 239 g/mol. The van der Waals surface area contributed by atoms with E-state index in [2.05, 4.69) is 10.6 Å². The van der Waals surface area contributed by atoms with Gasteiger partial charge >= 0.3 is 12.1 Å².